The molecule has 1 heterocycles. The van der Waals surface area contributed by atoms with Gasteiger partial charge in [0.2, 0.25) is 0 Å². The first kappa shape index (κ1) is 12.5. The predicted octanol–water partition coefficient (Wildman–Crippen LogP) is 1.18. The third kappa shape index (κ3) is 4.67. The highest BCUT2D eigenvalue weighted by molar-refractivity contribution is 4.91. The van der Waals surface area contributed by atoms with E-state index in [0.717, 1.165) is 26.1 Å². The summed E-state index contributed by atoms with van der Waals surface area (Å²) in [7, 11) is 0. The lowest BCUT2D eigenvalue weighted by Gasteiger charge is -2.33. The molecule has 0 saturated carbocycles. The van der Waals surface area contributed by atoms with Gasteiger partial charge in [-0.2, -0.15) is 0 Å². The van der Waals surface area contributed by atoms with Gasteiger partial charge in [-0.25, -0.2) is 0 Å². The summed E-state index contributed by atoms with van der Waals surface area (Å²) in [6.45, 7) is 14.1. The lowest BCUT2D eigenvalue weighted by molar-refractivity contribution is 0.183. The van der Waals surface area contributed by atoms with Crippen molar-refractivity contribution in [3.05, 3.63) is 12.3 Å². The van der Waals surface area contributed by atoms with Crippen LogP contribution in [0.1, 0.15) is 26.7 Å². The van der Waals surface area contributed by atoms with Crippen molar-refractivity contribution in [3.8, 4) is 0 Å². The van der Waals surface area contributed by atoms with Crippen LogP contribution in [-0.4, -0.2) is 43.7 Å². The van der Waals surface area contributed by atoms with Crippen LogP contribution in [0.3, 0.4) is 0 Å². The zero-order valence-corrected chi connectivity index (χ0v) is 10.2. The minimum absolute atomic E-state index is 0.612. The summed E-state index contributed by atoms with van der Waals surface area (Å²) in [4.78, 5) is 2.53. The molecule has 1 aliphatic rings. The molecule has 3 heteroatoms. The zero-order valence-electron chi connectivity index (χ0n) is 10.2. The highest BCUT2D eigenvalue weighted by atomic mass is 15.2. The topological polar surface area (TPSA) is 27.3 Å². The molecule has 0 aliphatic carbocycles. The summed E-state index contributed by atoms with van der Waals surface area (Å²) in [5.41, 5.74) is 1.18. The van der Waals surface area contributed by atoms with Crippen LogP contribution in [-0.2, 0) is 0 Å². The first-order valence-corrected chi connectivity index (χ1v) is 6.10. The van der Waals surface area contributed by atoms with Crippen molar-refractivity contribution in [2.45, 2.75) is 32.7 Å². The molecule has 88 valence electrons. The van der Waals surface area contributed by atoms with Gasteiger partial charge in [0.15, 0.2) is 0 Å². The van der Waals surface area contributed by atoms with Crippen molar-refractivity contribution in [3.63, 3.8) is 0 Å². The maximum atomic E-state index is 4.02. The summed E-state index contributed by atoms with van der Waals surface area (Å²) in [5.74, 6) is 0. The van der Waals surface area contributed by atoms with E-state index < -0.39 is 0 Å². The second kappa shape index (κ2) is 6.85. The van der Waals surface area contributed by atoms with Crippen LogP contribution in [0.5, 0.6) is 0 Å². The molecule has 1 unspecified atom stereocenters. The Balaban J connectivity index is 2.16. The molecular weight excluding hydrogens is 186 g/mol. The standard InChI is InChI=1S/C12H25N3/c1-4-5-11(2)14-10-12(3)15-8-6-13-7-9-15/h12-14H,2,4-10H2,1,3H3. The van der Waals surface area contributed by atoms with Crippen molar-refractivity contribution >= 4 is 0 Å². The summed E-state index contributed by atoms with van der Waals surface area (Å²) >= 11 is 0. The number of piperazine rings is 1. The number of hydrogen-bond donors (Lipinski definition) is 2. The third-order valence-corrected chi connectivity index (χ3v) is 2.97. The minimum Gasteiger partial charge on any atom is -0.387 e. The van der Waals surface area contributed by atoms with E-state index in [1.165, 1.54) is 25.2 Å². The molecule has 0 amide bonds. The molecule has 0 aromatic heterocycles. The average Bonchev–Trinajstić information content (AvgIpc) is 2.27. The van der Waals surface area contributed by atoms with E-state index in [0.29, 0.717) is 6.04 Å². The van der Waals surface area contributed by atoms with Gasteiger partial charge in [-0.05, 0) is 13.3 Å². The van der Waals surface area contributed by atoms with Crippen molar-refractivity contribution in [2.24, 2.45) is 0 Å². The quantitative estimate of drug-likeness (QED) is 0.691. The normalized spacial score (nSPS) is 19.9. The minimum atomic E-state index is 0.612. The van der Waals surface area contributed by atoms with Crippen LogP contribution in [0.15, 0.2) is 12.3 Å². The van der Waals surface area contributed by atoms with Gasteiger partial charge in [-0.1, -0.05) is 19.9 Å². The summed E-state index contributed by atoms with van der Waals surface area (Å²) < 4.78 is 0. The molecule has 1 saturated heterocycles. The fraction of sp³-hybridized carbons (Fsp3) is 0.833. The Morgan fingerprint density at radius 1 is 1.47 bits per heavy atom. The van der Waals surface area contributed by atoms with E-state index >= 15 is 0 Å². The van der Waals surface area contributed by atoms with Crippen LogP contribution in [0.4, 0.5) is 0 Å². The largest absolute Gasteiger partial charge is 0.387 e. The Bertz CT molecular complexity index is 185. The Morgan fingerprint density at radius 3 is 2.73 bits per heavy atom. The van der Waals surface area contributed by atoms with Gasteiger partial charge in [0.25, 0.3) is 0 Å². The molecule has 0 aromatic carbocycles. The van der Waals surface area contributed by atoms with E-state index in [2.05, 4.69) is 36.0 Å². The second-order valence-corrected chi connectivity index (χ2v) is 4.37. The van der Waals surface area contributed by atoms with Crippen molar-refractivity contribution < 1.29 is 0 Å². The lowest BCUT2D eigenvalue weighted by Crippen LogP contribution is -2.50. The Hall–Kier alpha value is -0.540. The Kier molecular flexibility index (Phi) is 5.73. The molecule has 1 aliphatic heterocycles. The van der Waals surface area contributed by atoms with Crippen LogP contribution in [0.25, 0.3) is 0 Å². The maximum absolute atomic E-state index is 4.02. The van der Waals surface area contributed by atoms with Gasteiger partial charge >= 0.3 is 0 Å². The smallest absolute Gasteiger partial charge is 0.0297 e. The van der Waals surface area contributed by atoms with E-state index in [1.54, 1.807) is 0 Å². The molecule has 1 fully saturated rings. The molecule has 2 N–H and O–H groups in total. The SMILES string of the molecule is C=C(CCC)NCC(C)N1CCNCC1. The molecule has 0 aromatic rings. The number of nitrogens with zero attached hydrogens (tertiary/aromatic N) is 1. The summed E-state index contributed by atoms with van der Waals surface area (Å²) in [6, 6.07) is 0.612. The zero-order chi connectivity index (χ0) is 11.1. The molecule has 0 radical (unpaired) electrons. The van der Waals surface area contributed by atoms with Gasteiger partial charge in [-0.15, -0.1) is 0 Å². The number of nitrogens with one attached hydrogen (secondary N) is 2. The van der Waals surface area contributed by atoms with E-state index in [9.17, 15) is 0 Å². The second-order valence-electron chi connectivity index (χ2n) is 4.37. The van der Waals surface area contributed by atoms with Gasteiger partial charge < -0.3 is 10.6 Å². The van der Waals surface area contributed by atoms with Gasteiger partial charge in [0, 0.05) is 44.5 Å². The van der Waals surface area contributed by atoms with Crippen molar-refractivity contribution in [1.82, 2.24) is 15.5 Å². The van der Waals surface area contributed by atoms with Crippen LogP contribution < -0.4 is 10.6 Å². The first-order valence-electron chi connectivity index (χ1n) is 6.10. The predicted molar refractivity (Wildman–Crippen MR) is 66.0 cm³/mol. The number of allylic oxidation sites excluding steroid dienone is 1. The van der Waals surface area contributed by atoms with Gasteiger partial charge in [0.05, 0.1) is 0 Å². The number of rotatable bonds is 6. The summed E-state index contributed by atoms with van der Waals surface area (Å²) in [6.07, 6.45) is 2.27. The lowest BCUT2D eigenvalue weighted by atomic mass is 10.2. The monoisotopic (exact) mass is 211 g/mol. The maximum Gasteiger partial charge on any atom is 0.0297 e. The van der Waals surface area contributed by atoms with Crippen LogP contribution >= 0.6 is 0 Å². The van der Waals surface area contributed by atoms with E-state index in [1.807, 2.05) is 0 Å². The molecule has 1 rings (SSSR count). The highest BCUT2D eigenvalue weighted by Gasteiger charge is 2.15. The van der Waals surface area contributed by atoms with Crippen molar-refractivity contribution in [2.75, 3.05) is 32.7 Å². The first-order chi connectivity index (χ1) is 7.24. The number of hydrogen-bond acceptors (Lipinski definition) is 3. The summed E-state index contributed by atoms with van der Waals surface area (Å²) in [5, 5.41) is 6.80. The fourth-order valence-electron chi connectivity index (χ4n) is 1.93. The molecular formula is C12H25N3. The van der Waals surface area contributed by atoms with E-state index in [-0.39, 0.29) is 0 Å². The highest BCUT2D eigenvalue weighted by Crippen LogP contribution is 2.02. The van der Waals surface area contributed by atoms with Crippen LogP contribution in [0.2, 0.25) is 0 Å². The third-order valence-electron chi connectivity index (χ3n) is 2.97. The molecule has 3 nitrogen and oxygen atoms in total. The van der Waals surface area contributed by atoms with Gasteiger partial charge in [0.1, 0.15) is 0 Å². The molecule has 0 bridgehead atoms. The van der Waals surface area contributed by atoms with Crippen LogP contribution in [0, 0.1) is 0 Å². The molecule has 0 spiro atoms. The van der Waals surface area contributed by atoms with E-state index in [4.69, 9.17) is 0 Å². The molecule has 1 atom stereocenters. The fourth-order valence-corrected chi connectivity index (χ4v) is 1.93. The Morgan fingerprint density at radius 2 is 2.13 bits per heavy atom. The van der Waals surface area contributed by atoms with Crippen molar-refractivity contribution in [1.29, 1.82) is 0 Å². The molecule has 15 heavy (non-hydrogen) atoms. The Labute approximate surface area is 93.9 Å². The van der Waals surface area contributed by atoms with Gasteiger partial charge in [-0.3, -0.25) is 4.90 Å². The average molecular weight is 211 g/mol.